The number of aromatic nitrogens is 1. The number of hydrogen-bond donors (Lipinski definition) is 0. The monoisotopic (exact) mass is 397 g/mol. The lowest BCUT2D eigenvalue weighted by Crippen LogP contribution is -2.39. The van der Waals surface area contributed by atoms with Crippen molar-refractivity contribution in [3.05, 3.63) is 53.3 Å². The second-order valence-electron chi connectivity index (χ2n) is 7.82. The van der Waals surface area contributed by atoms with Crippen molar-refractivity contribution in [3.8, 4) is 11.5 Å². The molecule has 0 radical (unpaired) electrons. The number of pyridine rings is 1. The molecule has 5 heteroatoms. The van der Waals surface area contributed by atoms with Crippen molar-refractivity contribution in [2.45, 2.75) is 52.7 Å². The molecule has 1 aromatic heterocycles. The van der Waals surface area contributed by atoms with E-state index in [-0.39, 0.29) is 0 Å². The van der Waals surface area contributed by atoms with Crippen LogP contribution in [-0.2, 0) is 13.1 Å². The highest BCUT2D eigenvalue weighted by atomic mass is 16.5. The molecule has 2 aromatic rings. The average Bonchev–Trinajstić information content (AvgIpc) is 3.18. The molecule has 29 heavy (non-hydrogen) atoms. The molecule has 0 spiro atoms. The van der Waals surface area contributed by atoms with E-state index in [2.05, 4.69) is 46.8 Å². The quantitative estimate of drug-likeness (QED) is 0.598. The zero-order valence-corrected chi connectivity index (χ0v) is 18.4. The number of benzene rings is 1. The van der Waals surface area contributed by atoms with Crippen LogP contribution >= 0.6 is 0 Å². The van der Waals surface area contributed by atoms with E-state index in [0.717, 1.165) is 37.7 Å². The van der Waals surface area contributed by atoms with Crippen LogP contribution in [0.3, 0.4) is 0 Å². The minimum absolute atomic E-state index is 0.626. The average molecular weight is 398 g/mol. The molecule has 1 aromatic carbocycles. The Labute approximate surface area is 175 Å². The summed E-state index contributed by atoms with van der Waals surface area (Å²) < 4.78 is 11.3. The molecule has 5 nitrogen and oxygen atoms in total. The maximum absolute atomic E-state index is 5.83. The second kappa shape index (κ2) is 10.6. The lowest BCUT2D eigenvalue weighted by molar-refractivity contribution is 0.165. The zero-order valence-electron chi connectivity index (χ0n) is 18.4. The highest BCUT2D eigenvalue weighted by molar-refractivity contribution is 5.47. The van der Waals surface area contributed by atoms with Crippen molar-refractivity contribution in [2.75, 3.05) is 33.4 Å². The molecule has 1 aliphatic heterocycles. The Hall–Kier alpha value is -2.11. The molecular weight excluding hydrogens is 362 g/mol. The van der Waals surface area contributed by atoms with E-state index >= 15 is 0 Å². The Morgan fingerprint density at radius 3 is 2.76 bits per heavy atom. The Bertz CT molecular complexity index is 766. The van der Waals surface area contributed by atoms with Crippen LogP contribution in [0.15, 0.2) is 36.7 Å². The number of hydrogen-bond acceptors (Lipinski definition) is 5. The molecule has 1 aliphatic rings. The van der Waals surface area contributed by atoms with Gasteiger partial charge in [-0.15, -0.1) is 0 Å². The van der Waals surface area contributed by atoms with E-state index in [1.807, 2.05) is 25.4 Å². The van der Waals surface area contributed by atoms with Gasteiger partial charge in [-0.3, -0.25) is 14.8 Å². The van der Waals surface area contributed by atoms with Gasteiger partial charge in [-0.1, -0.05) is 13.0 Å². The van der Waals surface area contributed by atoms with Crippen LogP contribution in [0.2, 0.25) is 0 Å². The maximum Gasteiger partial charge on any atom is 0.161 e. The lowest BCUT2D eigenvalue weighted by atomic mass is 10.1. The Kier molecular flexibility index (Phi) is 7.90. The Balaban J connectivity index is 1.82. The summed E-state index contributed by atoms with van der Waals surface area (Å²) in [5.74, 6) is 1.63. The fourth-order valence-corrected chi connectivity index (χ4v) is 4.29. The SMILES string of the molecule is CCOc1cc(CN(Cc2cccnc2)CC2CCCN2CC)c(C)cc1OC. The highest BCUT2D eigenvalue weighted by Gasteiger charge is 2.25. The van der Waals surface area contributed by atoms with Crippen LogP contribution in [0.25, 0.3) is 0 Å². The first-order valence-corrected chi connectivity index (χ1v) is 10.8. The third kappa shape index (κ3) is 5.71. The van der Waals surface area contributed by atoms with Gasteiger partial charge in [0, 0.05) is 38.1 Å². The number of ether oxygens (including phenoxy) is 2. The van der Waals surface area contributed by atoms with Gasteiger partial charge in [0.1, 0.15) is 0 Å². The summed E-state index contributed by atoms with van der Waals surface area (Å²) >= 11 is 0. The largest absolute Gasteiger partial charge is 0.493 e. The van der Waals surface area contributed by atoms with Gasteiger partial charge >= 0.3 is 0 Å². The molecular formula is C24H35N3O2. The first-order chi connectivity index (χ1) is 14.1. The molecule has 2 heterocycles. The first-order valence-electron chi connectivity index (χ1n) is 10.8. The van der Waals surface area contributed by atoms with Crippen molar-refractivity contribution in [1.82, 2.24) is 14.8 Å². The number of aryl methyl sites for hydroxylation is 1. The van der Waals surface area contributed by atoms with Crippen LogP contribution < -0.4 is 9.47 Å². The summed E-state index contributed by atoms with van der Waals surface area (Å²) in [5.41, 5.74) is 3.78. The number of methoxy groups -OCH3 is 1. The molecule has 1 unspecified atom stereocenters. The summed E-state index contributed by atoms with van der Waals surface area (Å²) in [6.45, 7) is 12.3. The van der Waals surface area contributed by atoms with E-state index < -0.39 is 0 Å². The number of likely N-dealkylation sites (tertiary alicyclic amines) is 1. The van der Waals surface area contributed by atoms with Gasteiger partial charge in [-0.25, -0.2) is 0 Å². The van der Waals surface area contributed by atoms with Gasteiger partial charge in [-0.05, 0) is 74.7 Å². The van der Waals surface area contributed by atoms with Gasteiger partial charge in [0.15, 0.2) is 11.5 Å². The van der Waals surface area contributed by atoms with Crippen molar-refractivity contribution >= 4 is 0 Å². The Morgan fingerprint density at radius 1 is 1.21 bits per heavy atom. The predicted octanol–water partition coefficient (Wildman–Crippen LogP) is 4.28. The highest BCUT2D eigenvalue weighted by Crippen LogP contribution is 2.31. The molecule has 0 saturated carbocycles. The smallest absolute Gasteiger partial charge is 0.161 e. The molecule has 1 saturated heterocycles. The van der Waals surface area contributed by atoms with E-state index in [1.54, 1.807) is 7.11 Å². The van der Waals surface area contributed by atoms with E-state index in [9.17, 15) is 0 Å². The molecule has 1 atom stereocenters. The third-order valence-corrected chi connectivity index (χ3v) is 5.82. The standard InChI is InChI=1S/C24H35N3O2/c1-5-27-12-8-10-22(27)18-26(16-20-9-7-11-25-15-20)17-21-14-24(29-6-2)23(28-4)13-19(21)3/h7,9,11,13-15,22H,5-6,8,10,12,16-18H2,1-4H3. The van der Waals surface area contributed by atoms with Crippen LogP contribution in [-0.4, -0.2) is 54.2 Å². The van der Waals surface area contributed by atoms with E-state index in [0.29, 0.717) is 12.6 Å². The fourth-order valence-electron chi connectivity index (χ4n) is 4.29. The molecule has 3 rings (SSSR count). The molecule has 0 amide bonds. The van der Waals surface area contributed by atoms with Crippen LogP contribution in [0.1, 0.15) is 43.4 Å². The molecule has 0 bridgehead atoms. The number of rotatable bonds is 10. The molecule has 0 aliphatic carbocycles. The Morgan fingerprint density at radius 2 is 2.07 bits per heavy atom. The third-order valence-electron chi connectivity index (χ3n) is 5.82. The molecule has 1 fully saturated rings. The van der Waals surface area contributed by atoms with Crippen molar-refractivity contribution in [1.29, 1.82) is 0 Å². The van der Waals surface area contributed by atoms with E-state index in [4.69, 9.17) is 9.47 Å². The second-order valence-corrected chi connectivity index (χ2v) is 7.82. The summed E-state index contributed by atoms with van der Waals surface area (Å²) in [4.78, 5) is 9.48. The predicted molar refractivity (Wildman–Crippen MR) is 118 cm³/mol. The summed E-state index contributed by atoms with van der Waals surface area (Å²) in [6.07, 6.45) is 6.40. The van der Waals surface area contributed by atoms with Gasteiger partial charge in [0.05, 0.1) is 13.7 Å². The summed E-state index contributed by atoms with van der Waals surface area (Å²) in [5, 5.41) is 0. The lowest BCUT2D eigenvalue weighted by Gasteiger charge is -2.31. The first kappa shape index (κ1) is 21.6. The van der Waals surface area contributed by atoms with Gasteiger partial charge in [0.25, 0.3) is 0 Å². The van der Waals surface area contributed by atoms with Crippen LogP contribution in [0.5, 0.6) is 11.5 Å². The molecule has 0 N–H and O–H groups in total. The minimum atomic E-state index is 0.626. The molecule has 158 valence electrons. The van der Waals surface area contributed by atoms with Crippen LogP contribution in [0, 0.1) is 6.92 Å². The maximum atomic E-state index is 5.83. The van der Waals surface area contributed by atoms with Gasteiger partial charge in [0.2, 0.25) is 0 Å². The van der Waals surface area contributed by atoms with Gasteiger partial charge in [-0.2, -0.15) is 0 Å². The minimum Gasteiger partial charge on any atom is -0.493 e. The van der Waals surface area contributed by atoms with Crippen molar-refractivity contribution < 1.29 is 9.47 Å². The summed E-state index contributed by atoms with van der Waals surface area (Å²) in [7, 11) is 1.70. The van der Waals surface area contributed by atoms with Crippen molar-refractivity contribution in [3.63, 3.8) is 0 Å². The van der Waals surface area contributed by atoms with E-state index in [1.165, 1.54) is 36.1 Å². The normalized spacial score (nSPS) is 17.1. The van der Waals surface area contributed by atoms with Crippen LogP contribution in [0.4, 0.5) is 0 Å². The van der Waals surface area contributed by atoms with Crippen molar-refractivity contribution in [2.24, 2.45) is 0 Å². The fraction of sp³-hybridized carbons (Fsp3) is 0.542. The van der Waals surface area contributed by atoms with Gasteiger partial charge < -0.3 is 9.47 Å². The summed E-state index contributed by atoms with van der Waals surface area (Å²) in [6, 6.07) is 9.06. The number of nitrogens with zero attached hydrogens (tertiary/aromatic N) is 3. The number of likely N-dealkylation sites (N-methyl/N-ethyl adjacent to an activating group) is 1. The zero-order chi connectivity index (χ0) is 20.6. The topological polar surface area (TPSA) is 37.8 Å².